The van der Waals surface area contributed by atoms with Gasteiger partial charge >= 0.3 is 5.97 Å². The number of pyridine rings is 1. The second kappa shape index (κ2) is 5.44. The standard InChI is InChI=1S/C11H15FN2O2/c1-3-4-5-14(2)10-9(11(15)16)6-8(12)7-13-10/h6-7H,3-5H2,1-2H3,(H,15,16). The third kappa shape index (κ3) is 2.92. The number of unbranched alkanes of at least 4 members (excludes halogenated alkanes) is 1. The van der Waals surface area contributed by atoms with Crippen LogP contribution in [0.2, 0.25) is 0 Å². The Morgan fingerprint density at radius 2 is 2.31 bits per heavy atom. The molecule has 5 heteroatoms. The second-order valence-corrected chi connectivity index (χ2v) is 3.60. The van der Waals surface area contributed by atoms with Crippen molar-refractivity contribution >= 4 is 11.8 Å². The molecular formula is C11H15FN2O2. The predicted octanol–water partition coefficient (Wildman–Crippen LogP) is 2.16. The molecule has 0 amide bonds. The number of rotatable bonds is 5. The molecule has 16 heavy (non-hydrogen) atoms. The topological polar surface area (TPSA) is 53.4 Å². The van der Waals surface area contributed by atoms with Crippen molar-refractivity contribution in [3.8, 4) is 0 Å². The minimum absolute atomic E-state index is 0.0985. The number of carboxylic acid groups (broad SMARTS) is 1. The van der Waals surface area contributed by atoms with Gasteiger partial charge in [-0.05, 0) is 12.5 Å². The molecule has 0 radical (unpaired) electrons. The van der Waals surface area contributed by atoms with Gasteiger partial charge in [-0.3, -0.25) is 0 Å². The van der Waals surface area contributed by atoms with Crippen LogP contribution in [0.15, 0.2) is 12.3 Å². The molecule has 0 bridgehead atoms. The van der Waals surface area contributed by atoms with Crippen molar-refractivity contribution in [2.75, 3.05) is 18.5 Å². The molecule has 1 aromatic heterocycles. The van der Waals surface area contributed by atoms with Crippen molar-refractivity contribution in [3.05, 3.63) is 23.6 Å². The molecule has 0 saturated heterocycles. The van der Waals surface area contributed by atoms with E-state index in [2.05, 4.69) is 4.98 Å². The van der Waals surface area contributed by atoms with Crippen LogP contribution in [-0.4, -0.2) is 29.7 Å². The molecule has 1 aromatic rings. The van der Waals surface area contributed by atoms with E-state index in [1.807, 2.05) is 6.92 Å². The van der Waals surface area contributed by atoms with Crippen LogP contribution in [-0.2, 0) is 0 Å². The zero-order chi connectivity index (χ0) is 12.1. The molecule has 0 aromatic carbocycles. The first kappa shape index (κ1) is 12.4. The average molecular weight is 226 g/mol. The Morgan fingerprint density at radius 1 is 1.62 bits per heavy atom. The molecule has 0 aliphatic rings. The number of carboxylic acids is 1. The molecular weight excluding hydrogens is 211 g/mol. The van der Waals surface area contributed by atoms with Crippen LogP contribution in [0.5, 0.6) is 0 Å². The number of aromatic carboxylic acids is 1. The average Bonchev–Trinajstić information content (AvgIpc) is 2.25. The summed E-state index contributed by atoms with van der Waals surface area (Å²) in [5.41, 5.74) is -0.0985. The van der Waals surface area contributed by atoms with Crippen LogP contribution in [0.4, 0.5) is 10.2 Å². The number of anilines is 1. The molecule has 1 heterocycles. The van der Waals surface area contributed by atoms with Gasteiger partial charge in [0.1, 0.15) is 17.2 Å². The molecule has 0 aliphatic heterocycles. The summed E-state index contributed by atoms with van der Waals surface area (Å²) < 4.78 is 12.9. The maximum absolute atomic E-state index is 12.9. The van der Waals surface area contributed by atoms with Crippen molar-refractivity contribution in [1.82, 2.24) is 4.98 Å². The Morgan fingerprint density at radius 3 is 2.88 bits per heavy atom. The number of nitrogens with zero attached hydrogens (tertiary/aromatic N) is 2. The van der Waals surface area contributed by atoms with Crippen LogP contribution in [0, 0.1) is 5.82 Å². The van der Waals surface area contributed by atoms with E-state index in [4.69, 9.17) is 5.11 Å². The minimum atomic E-state index is -1.16. The lowest BCUT2D eigenvalue weighted by molar-refractivity contribution is 0.0696. The minimum Gasteiger partial charge on any atom is -0.478 e. The van der Waals surface area contributed by atoms with Crippen molar-refractivity contribution in [2.45, 2.75) is 19.8 Å². The maximum atomic E-state index is 12.9. The number of hydrogen-bond acceptors (Lipinski definition) is 3. The summed E-state index contributed by atoms with van der Waals surface area (Å²) in [5.74, 6) is -1.49. The van der Waals surface area contributed by atoms with Gasteiger partial charge in [0.05, 0.1) is 6.20 Å². The number of hydrogen-bond donors (Lipinski definition) is 1. The SMILES string of the molecule is CCCCN(C)c1ncc(F)cc1C(=O)O. The molecule has 0 atom stereocenters. The van der Waals surface area contributed by atoms with E-state index in [0.717, 1.165) is 25.1 Å². The quantitative estimate of drug-likeness (QED) is 0.835. The van der Waals surface area contributed by atoms with Crippen LogP contribution < -0.4 is 4.90 Å². The highest BCUT2D eigenvalue weighted by atomic mass is 19.1. The van der Waals surface area contributed by atoms with E-state index in [-0.39, 0.29) is 5.56 Å². The van der Waals surface area contributed by atoms with E-state index < -0.39 is 11.8 Å². The Hall–Kier alpha value is -1.65. The zero-order valence-corrected chi connectivity index (χ0v) is 9.40. The van der Waals surface area contributed by atoms with Crippen molar-refractivity contribution in [1.29, 1.82) is 0 Å². The van der Waals surface area contributed by atoms with Gasteiger partial charge < -0.3 is 10.0 Å². The highest BCUT2D eigenvalue weighted by Crippen LogP contribution is 2.17. The second-order valence-electron chi connectivity index (χ2n) is 3.60. The highest BCUT2D eigenvalue weighted by molar-refractivity contribution is 5.93. The lowest BCUT2D eigenvalue weighted by Crippen LogP contribution is -2.22. The fourth-order valence-electron chi connectivity index (χ4n) is 1.39. The van der Waals surface area contributed by atoms with Gasteiger partial charge in [0.25, 0.3) is 0 Å². The summed E-state index contributed by atoms with van der Waals surface area (Å²) in [7, 11) is 1.75. The summed E-state index contributed by atoms with van der Waals surface area (Å²) in [5, 5.41) is 8.93. The smallest absolute Gasteiger partial charge is 0.339 e. The number of halogens is 1. The van der Waals surface area contributed by atoms with E-state index >= 15 is 0 Å². The summed E-state index contributed by atoms with van der Waals surface area (Å²) in [6.07, 6.45) is 2.98. The maximum Gasteiger partial charge on any atom is 0.339 e. The van der Waals surface area contributed by atoms with Gasteiger partial charge in [0.2, 0.25) is 0 Å². The molecule has 88 valence electrons. The van der Waals surface area contributed by atoms with Crippen molar-refractivity contribution in [2.24, 2.45) is 0 Å². The lowest BCUT2D eigenvalue weighted by Gasteiger charge is -2.19. The van der Waals surface area contributed by atoms with E-state index in [1.165, 1.54) is 0 Å². The third-order valence-electron chi connectivity index (χ3n) is 2.27. The molecule has 0 aliphatic carbocycles. The van der Waals surface area contributed by atoms with Crippen LogP contribution >= 0.6 is 0 Å². The Balaban J connectivity index is 2.98. The first-order chi connectivity index (χ1) is 7.56. The van der Waals surface area contributed by atoms with E-state index in [0.29, 0.717) is 12.4 Å². The molecule has 0 fully saturated rings. The van der Waals surface area contributed by atoms with E-state index in [1.54, 1.807) is 11.9 Å². The first-order valence-corrected chi connectivity index (χ1v) is 5.16. The van der Waals surface area contributed by atoms with Crippen LogP contribution in [0.3, 0.4) is 0 Å². The number of aromatic nitrogens is 1. The molecule has 0 spiro atoms. The van der Waals surface area contributed by atoms with Gasteiger partial charge in [-0.1, -0.05) is 13.3 Å². The molecule has 1 N–H and O–H groups in total. The van der Waals surface area contributed by atoms with Crippen LogP contribution in [0.25, 0.3) is 0 Å². The van der Waals surface area contributed by atoms with Gasteiger partial charge in [-0.15, -0.1) is 0 Å². The normalized spacial score (nSPS) is 10.2. The van der Waals surface area contributed by atoms with Crippen molar-refractivity contribution < 1.29 is 14.3 Å². The monoisotopic (exact) mass is 226 g/mol. The first-order valence-electron chi connectivity index (χ1n) is 5.16. The Labute approximate surface area is 93.7 Å². The number of carbonyl (C=O) groups is 1. The predicted molar refractivity (Wildman–Crippen MR) is 59.3 cm³/mol. The van der Waals surface area contributed by atoms with Gasteiger partial charge in [-0.25, -0.2) is 14.2 Å². The van der Waals surface area contributed by atoms with Crippen molar-refractivity contribution in [3.63, 3.8) is 0 Å². The third-order valence-corrected chi connectivity index (χ3v) is 2.27. The molecule has 0 saturated carbocycles. The lowest BCUT2D eigenvalue weighted by atomic mass is 10.2. The molecule has 0 unspecified atom stereocenters. The molecule has 4 nitrogen and oxygen atoms in total. The summed E-state index contributed by atoms with van der Waals surface area (Å²) >= 11 is 0. The van der Waals surface area contributed by atoms with Crippen LogP contribution in [0.1, 0.15) is 30.1 Å². The van der Waals surface area contributed by atoms with Gasteiger partial charge in [0.15, 0.2) is 0 Å². The fourth-order valence-corrected chi connectivity index (χ4v) is 1.39. The molecule has 1 rings (SSSR count). The Bertz CT molecular complexity index is 382. The summed E-state index contributed by atoms with van der Waals surface area (Å²) in [6.45, 7) is 2.75. The van der Waals surface area contributed by atoms with E-state index in [9.17, 15) is 9.18 Å². The van der Waals surface area contributed by atoms with Gasteiger partial charge in [0, 0.05) is 13.6 Å². The fraction of sp³-hybridized carbons (Fsp3) is 0.455. The highest BCUT2D eigenvalue weighted by Gasteiger charge is 2.15. The zero-order valence-electron chi connectivity index (χ0n) is 9.40. The summed E-state index contributed by atoms with van der Waals surface area (Å²) in [6, 6.07) is 0.993. The largest absolute Gasteiger partial charge is 0.478 e. The summed E-state index contributed by atoms with van der Waals surface area (Å²) in [4.78, 5) is 16.5. The van der Waals surface area contributed by atoms with Gasteiger partial charge in [-0.2, -0.15) is 0 Å². The Kier molecular flexibility index (Phi) is 4.22.